The summed E-state index contributed by atoms with van der Waals surface area (Å²) in [5.41, 5.74) is 3.20. The highest BCUT2D eigenvalue weighted by atomic mass is 32.2. The predicted octanol–water partition coefficient (Wildman–Crippen LogP) is 3.64. The SMILES string of the molecule is COc1ccc(N(CC(=O)NCc2ccc(CN3CCCC3=O)cc2)S(=O)(=O)c2ccc(C)cc2)cc1. The van der Waals surface area contributed by atoms with Gasteiger partial charge in [-0.1, -0.05) is 42.0 Å². The lowest BCUT2D eigenvalue weighted by atomic mass is 10.1. The molecule has 9 heteroatoms. The van der Waals surface area contributed by atoms with Crippen LogP contribution in [0.4, 0.5) is 5.69 Å². The summed E-state index contributed by atoms with van der Waals surface area (Å²) < 4.78 is 33.3. The molecule has 0 radical (unpaired) electrons. The lowest BCUT2D eigenvalue weighted by Crippen LogP contribution is -2.40. The maximum absolute atomic E-state index is 13.5. The largest absolute Gasteiger partial charge is 0.497 e. The molecule has 1 N–H and O–H groups in total. The second-order valence-electron chi connectivity index (χ2n) is 9.03. The fourth-order valence-electron chi connectivity index (χ4n) is 4.14. The summed E-state index contributed by atoms with van der Waals surface area (Å²) in [6.07, 6.45) is 1.51. The van der Waals surface area contributed by atoms with Crippen molar-refractivity contribution in [3.63, 3.8) is 0 Å². The van der Waals surface area contributed by atoms with Crippen LogP contribution in [0.2, 0.25) is 0 Å². The molecular weight excluding hydrogens is 490 g/mol. The first-order valence-electron chi connectivity index (χ1n) is 12.1. The fraction of sp³-hybridized carbons (Fsp3) is 0.286. The van der Waals surface area contributed by atoms with E-state index in [2.05, 4.69) is 5.32 Å². The Hall–Kier alpha value is -3.85. The standard InChI is InChI=1S/C28H31N3O5S/c1-21-5-15-26(16-6-21)37(34,35)31(24-11-13-25(36-2)14-12-24)20-27(32)29-18-22-7-9-23(10-8-22)19-30-17-3-4-28(30)33/h5-16H,3-4,17-20H2,1-2H3,(H,29,32). The molecule has 1 fully saturated rings. The molecule has 37 heavy (non-hydrogen) atoms. The number of benzene rings is 3. The van der Waals surface area contributed by atoms with Crippen molar-refractivity contribution in [1.82, 2.24) is 10.2 Å². The van der Waals surface area contributed by atoms with Crippen LogP contribution in [0, 0.1) is 6.92 Å². The number of nitrogens with one attached hydrogen (secondary N) is 1. The van der Waals surface area contributed by atoms with Gasteiger partial charge in [0, 0.05) is 26.1 Å². The summed E-state index contributed by atoms with van der Waals surface area (Å²) >= 11 is 0. The minimum Gasteiger partial charge on any atom is -0.497 e. The maximum atomic E-state index is 13.5. The number of ether oxygens (including phenoxy) is 1. The van der Waals surface area contributed by atoms with Gasteiger partial charge in [0.2, 0.25) is 11.8 Å². The average molecular weight is 522 g/mol. The molecule has 0 spiro atoms. The van der Waals surface area contributed by atoms with E-state index in [1.54, 1.807) is 36.4 Å². The number of anilines is 1. The van der Waals surface area contributed by atoms with E-state index in [4.69, 9.17) is 4.74 Å². The van der Waals surface area contributed by atoms with E-state index < -0.39 is 15.9 Å². The Bertz CT molecular complexity index is 1340. The first kappa shape index (κ1) is 26.2. The van der Waals surface area contributed by atoms with Crippen molar-refractivity contribution in [2.75, 3.05) is 24.5 Å². The molecule has 1 saturated heterocycles. The van der Waals surface area contributed by atoms with Crippen LogP contribution in [0.3, 0.4) is 0 Å². The number of carbonyl (C=O) groups is 2. The zero-order valence-electron chi connectivity index (χ0n) is 21.0. The second kappa shape index (κ2) is 11.5. The summed E-state index contributed by atoms with van der Waals surface area (Å²) in [6.45, 7) is 3.12. The Labute approximate surface area is 217 Å². The van der Waals surface area contributed by atoms with Gasteiger partial charge in [0.1, 0.15) is 12.3 Å². The molecule has 0 atom stereocenters. The van der Waals surface area contributed by atoms with E-state index in [-0.39, 0.29) is 23.9 Å². The van der Waals surface area contributed by atoms with Gasteiger partial charge < -0.3 is 15.0 Å². The van der Waals surface area contributed by atoms with Crippen LogP contribution in [0.15, 0.2) is 77.7 Å². The van der Waals surface area contributed by atoms with Gasteiger partial charge >= 0.3 is 0 Å². The highest BCUT2D eigenvalue weighted by Crippen LogP contribution is 2.26. The van der Waals surface area contributed by atoms with Crippen LogP contribution >= 0.6 is 0 Å². The van der Waals surface area contributed by atoms with E-state index >= 15 is 0 Å². The van der Waals surface area contributed by atoms with E-state index in [1.165, 1.54) is 19.2 Å². The molecule has 1 aliphatic rings. The Balaban J connectivity index is 1.45. The van der Waals surface area contributed by atoms with Gasteiger partial charge in [-0.05, 0) is 60.9 Å². The van der Waals surface area contributed by atoms with Crippen molar-refractivity contribution in [3.05, 3.63) is 89.5 Å². The molecule has 1 heterocycles. The number of nitrogens with zero attached hydrogens (tertiary/aromatic N) is 2. The highest BCUT2D eigenvalue weighted by Gasteiger charge is 2.27. The zero-order chi connectivity index (χ0) is 26.4. The molecule has 3 aromatic carbocycles. The number of amides is 2. The minimum absolute atomic E-state index is 0.105. The van der Waals surface area contributed by atoms with Gasteiger partial charge in [-0.2, -0.15) is 0 Å². The first-order chi connectivity index (χ1) is 17.8. The van der Waals surface area contributed by atoms with Crippen molar-refractivity contribution in [2.45, 2.75) is 37.8 Å². The van der Waals surface area contributed by atoms with E-state index in [0.29, 0.717) is 24.4 Å². The summed E-state index contributed by atoms with van der Waals surface area (Å²) in [6, 6.07) is 20.8. The van der Waals surface area contributed by atoms with Crippen molar-refractivity contribution in [1.29, 1.82) is 0 Å². The number of aryl methyl sites for hydroxylation is 1. The number of sulfonamides is 1. The van der Waals surface area contributed by atoms with Crippen LogP contribution in [0.25, 0.3) is 0 Å². The monoisotopic (exact) mass is 521 g/mol. The third kappa shape index (κ3) is 6.48. The van der Waals surface area contributed by atoms with Gasteiger partial charge in [0.15, 0.2) is 0 Å². The quantitative estimate of drug-likeness (QED) is 0.440. The number of carbonyl (C=O) groups excluding carboxylic acids is 2. The molecule has 194 valence electrons. The molecular formula is C28H31N3O5S. The van der Waals surface area contributed by atoms with Gasteiger partial charge in [-0.3, -0.25) is 13.9 Å². The summed E-state index contributed by atoms with van der Waals surface area (Å²) in [5, 5.41) is 2.82. The van der Waals surface area contributed by atoms with Crippen LogP contribution in [0.5, 0.6) is 5.75 Å². The molecule has 1 aliphatic heterocycles. The zero-order valence-corrected chi connectivity index (χ0v) is 21.8. The molecule has 0 aromatic heterocycles. The van der Waals surface area contributed by atoms with E-state index in [1.807, 2.05) is 36.1 Å². The Morgan fingerprint density at radius 1 is 0.973 bits per heavy atom. The van der Waals surface area contributed by atoms with Crippen molar-refractivity contribution in [2.24, 2.45) is 0 Å². The lowest BCUT2D eigenvalue weighted by molar-refractivity contribution is -0.128. The Morgan fingerprint density at radius 3 is 2.22 bits per heavy atom. The second-order valence-corrected chi connectivity index (χ2v) is 10.9. The number of rotatable bonds is 10. The molecule has 0 unspecified atom stereocenters. The molecule has 3 aromatic rings. The normalized spacial score (nSPS) is 13.5. The van der Waals surface area contributed by atoms with Crippen LogP contribution < -0.4 is 14.4 Å². The highest BCUT2D eigenvalue weighted by molar-refractivity contribution is 7.92. The number of methoxy groups -OCH3 is 1. The molecule has 0 saturated carbocycles. The van der Waals surface area contributed by atoms with Crippen LogP contribution in [0.1, 0.15) is 29.5 Å². The molecule has 0 bridgehead atoms. The van der Waals surface area contributed by atoms with Crippen molar-refractivity contribution < 1.29 is 22.7 Å². The molecule has 4 rings (SSSR count). The fourth-order valence-corrected chi connectivity index (χ4v) is 5.56. The van der Waals surface area contributed by atoms with Crippen molar-refractivity contribution in [3.8, 4) is 5.75 Å². The maximum Gasteiger partial charge on any atom is 0.264 e. The minimum atomic E-state index is -3.99. The van der Waals surface area contributed by atoms with Gasteiger partial charge in [-0.25, -0.2) is 8.42 Å². The Morgan fingerprint density at radius 2 is 1.62 bits per heavy atom. The topological polar surface area (TPSA) is 96.0 Å². The third-order valence-electron chi connectivity index (χ3n) is 6.31. The molecule has 2 amide bonds. The summed E-state index contributed by atoms with van der Waals surface area (Å²) in [4.78, 5) is 26.7. The Kier molecular flexibility index (Phi) is 8.13. The predicted molar refractivity (Wildman–Crippen MR) is 142 cm³/mol. The van der Waals surface area contributed by atoms with Crippen LogP contribution in [-0.2, 0) is 32.7 Å². The van der Waals surface area contributed by atoms with Gasteiger partial charge in [0.25, 0.3) is 10.0 Å². The van der Waals surface area contributed by atoms with Gasteiger partial charge in [-0.15, -0.1) is 0 Å². The van der Waals surface area contributed by atoms with Crippen molar-refractivity contribution >= 4 is 27.5 Å². The van der Waals surface area contributed by atoms with E-state index in [9.17, 15) is 18.0 Å². The molecule has 0 aliphatic carbocycles. The van der Waals surface area contributed by atoms with Crippen LogP contribution in [-0.4, -0.2) is 45.3 Å². The summed E-state index contributed by atoms with van der Waals surface area (Å²) in [5.74, 6) is 0.329. The van der Waals surface area contributed by atoms with E-state index in [0.717, 1.165) is 34.0 Å². The molecule has 8 nitrogen and oxygen atoms in total. The lowest BCUT2D eigenvalue weighted by Gasteiger charge is -2.24. The summed E-state index contributed by atoms with van der Waals surface area (Å²) in [7, 11) is -2.46. The average Bonchev–Trinajstić information content (AvgIpc) is 3.31. The first-order valence-corrected chi connectivity index (χ1v) is 13.6. The number of hydrogen-bond acceptors (Lipinski definition) is 5. The van der Waals surface area contributed by atoms with Gasteiger partial charge in [0.05, 0.1) is 17.7 Å². The smallest absolute Gasteiger partial charge is 0.264 e. The third-order valence-corrected chi connectivity index (χ3v) is 8.10. The number of likely N-dealkylation sites (tertiary alicyclic amines) is 1. The number of hydrogen-bond donors (Lipinski definition) is 1.